The number of hydrogen-bond acceptors (Lipinski definition) is 5. The molecule has 2 heterocycles. The molecule has 0 saturated carbocycles. The molecule has 0 unspecified atom stereocenters. The van der Waals surface area contributed by atoms with E-state index in [1.165, 1.54) is 4.90 Å². The van der Waals surface area contributed by atoms with E-state index in [0.717, 1.165) is 5.56 Å². The number of ketones is 1. The van der Waals surface area contributed by atoms with E-state index >= 15 is 0 Å². The van der Waals surface area contributed by atoms with E-state index in [0.29, 0.717) is 40.9 Å². The van der Waals surface area contributed by atoms with E-state index in [1.54, 1.807) is 42.5 Å². The van der Waals surface area contributed by atoms with Crippen molar-refractivity contribution in [2.45, 2.75) is 12.6 Å². The van der Waals surface area contributed by atoms with Gasteiger partial charge in [-0.05, 0) is 41.5 Å². The predicted molar refractivity (Wildman–Crippen MR) is 123 cm³/mol. The van der Waals surface area contributed by atoms with Gasteiger partial charge in [-0.15, -0.1) is 0 Å². The van der Waals surface area contributed by atoms with Crippen molar-refractivity contribution in [3.63, 3.8) is 0 Å². The van der Waals surface area contributed by atoms with Crippen LogP contribution >= 0.6 is 11.6 Å². The van der Waals surface area contributed by atoms with Crippen LogP contribution in [0.2, 0.25) is 5.02 Å². The lowest BCUT2D eigenvalue weighted by Crippen LogP contribution is -2.29. The summed E-state index contributed by atoms with van der Waals surface area (Å²) in [4.78, 5) is 27.7. The summed E-state index contributed by atoms with van der Waals surface area (Å²) < 4.78 is 11.2. The van der Waals surface area contributed by atoms with Crippen molar-refractivity contribution in [2.24, 2.45) is 0 Å². The summed E-state index contributed by atoms with van der Waals surface area (Å²) in [6.45, 7) is 1.06. The molecule has 1 fully saturated rings. The van der Waals surface area contributed by atoms with Crippen molar-refractivity contribution in [3.8, 4) is 11.5 Å². The minimum absolute atomic E-state index is 0.0231. The lowest BCUT2D eigenvalue weighted by Gasteiger charge is -2.25. The molecular weight excluding hydrogens is 442 g/mol. The van der Waals surface area contributed by atoms with Crippen LogP contribution in [0, 0.1) is 0 Å². The highest BCUT2D eigenvalue weighted by atomic mass is 35.5. The predicted octanol–water partition coefficient (Wildman–Crippen LogP) is 4.73. The number of ether oxygens (including phenoxy) is 2. The van der Waals surface area contributed by atoms with Crippen LogP contribution in [0.5, 0.6) is 11.5 Å². The number of rotatable bonds is 4. The van der Waals surface area contributed by atoms with Crippen LogP contribution in [0.15, 0.2) is 78.4 Å². The highest BCUT2D eigenvalue weighted by Gasteiger charge is 2.46. The molecule has 5 rings (SSSR count). The Morgan fingerprint density at radius 1 is 0.939 bits per heavy atom. The second-order valence-electron chi connectivity index (χ2n) is 7.82. The number of fused-ring (bicyclic) bond motifs is 1. The van der Waals surface area contributed by atoms with Gasteiger partial charge in [0.25, 0.3) is 11.7 Å². The van der Waals surface area contributed by atoms with Crippen molar-refractivity contribution in [2.75, 3.05) is 13.2 Å². The topological polar surface area (TPSA) is 76.1 Å². The fourth-order valence-corrected chi connectivity index (χ4v) is 4.29. The Morgan fingerprint density at radius 2 is 1.64 bits per heavy atom. The lowest BCUT2D eigenvalue weighted by molar-refractivity contribution is -0.140. The number of carbonyl (C=O) groups excluding carboxylic acids is 2. The minimum Gasteiger partial charge on any atom is -0.507 e. The molecule has 3 aromatic rings. The van der Waals surface area contributed by atoms with Crippen molar-refractivity contribution >= 4 is 29.1 Å². The summed E-state index contributed by atoms with van der Waals surface area (Å²) in [7, 11) is 0. The first-order valence-corrected chi connectivity index (χ1v) is 10.9. The summed E-state index contributed by atoms with van der Waals surface area (Å²) in [5.41, 5.74) is 1.94. The van der Waals surface area contributed by atoms with Gasteiger partial charge in [0.2, 0.25) is 0 Å². The molecule has 0 radical (unpaired) electrons. The first-order valence-electron chi connectivity index (χ1n) is 10.5. The fraction of sp³-hybridized carbons (Fsp3) is 0.154. The Balaban J connectivity index is 1.63. The number of nitrogens with zero attached hydrogens (tertiary/aromatic N) is 1. The van der Waals surface area contributed by atoms with Crippen molar-refractivity contribution in [3.05, 3.63) is 100 Å². The SMILES string of the molecule is O=C1C(=O)N(Cc2ccccc2)[C@@H](c2ccc(Cl)cc2)C1=C(O)c1ccc2c(c1)OCCO2. The number of benzene rings is 3. The maximum Gasteiger partial charge on any atom is 0.295 e. The van der Waals surface area contributed by atoms with Crippen LogP contribution in [0.25, 0.3) is 5.76 Å². The third-order valence-electron chi connectivity index (χ3n) is 5.74. The minimum atomic E-state index is -0.768. The monoisotopic (exact) mass is 461 g/mol. The maximum atomic E-state index is 13.2. The summed E-state index contributed by atoms with van der Waals surface area (Å²) in [6, 6.07) is 20.5. The second kappa shape index (κ2) is 8.64. The zero-order valence-electron chi connectivity index (χ0n) is 17.5. The van der Waals surface area contributed by atoms with Gasteiger partial charge in [0, 0.05) is 17.1 Å². The molecule has 1 amide bonds. The van der Waals surface area contributed by atoms with E-state index in [4.69, 9.17) is 21.1 Å². The first kappa shape index (κ1) is 21.1. The summed E-state index contributed by atoms with van der Waals surface area (Å²) >= 11 is 6.07. The average molecular weight is 462 g/mol. The van der Waals surface area contributed by atoms with Gasteiger partial charge >= 0.3 is 0 Å². The number of likely N-dealkylation sites (tertiary alicyclic amines) is 1. The fourth-order valence-electron chi connectivity index (χ4n) is 4.16. The standard InChI is InChI=1S/C26H20ClNO5/c27-19-9-6-17(7-10-19)23-22(24(29)18-8-11-20-21(14-18)33-13-12-32-20)25(30)26(31)28(23)15-16-4-2-1-3-5-16/h1-11,14,23,29H,12-13,15H2/t23-/m0/s1. The summed E-state index contributed by atoms with van der Waals surface area (Å²) in [6.07, 6.45) is 0. The average Bonchev–Trinajstić information content (AvgIpc) is 3.09. The maximum absolute atomic E-state index is 13.2. The molecule has 0 aliphatic carbocycles. The van der Waals surface area contributed by atoms with Gasteiger partial charge in [-0.3, -0.25) is 9.59 Å². The zero-order valence-corrected chi connectivity index (χ0v) is 18.3. The van der Waals surface area contributed by atoms with E-state index < -0.39 is 17.7 Å². The van der Waals surface area contributed by atoms with Gasteiger partial charge in [0.15, 0.2) is 11.5 Å². The van der Waals surface area contributed by atoms with Crippen molar-refractivity contribution in [1.82, 2.24) is 4.90 Å². The molecule has 33 heavy (non-hydrogen) atoms. The number of aliphatic hydroxyl groups is 1. The molecule has 0 aromatic heterocycles. The normalized spacial score (nSPS) is 19.1. The summed E-state index contributed by atoms with van der Waals surface area (Å²) in [5.74, 6) is -0.625. The highest BCUT2D eigenvalue weighted by molar-refractivity contribution is 6.46. The molecule has 2 aliphatic rings. The van der Waals surface area contributed by atoms with Crippen LogP contribution in [0.3, 0.4) is 0 Å². The molecule has 166 valence electrons. The molecule has 0 spiro atoms. The largest absolute Gasteiger partial charge is 0.507 e. The quantitative estimate of drug-likeness (QED) is 0.345. The van der Waals surface area contributed by atoms with Crippen LogP contribution < -0.4 is 9.47 Å². The van der Waals surface area contributed by atoms with Crippen LogP contribution in [-0.2, 0) is 16.1 Å². The van der Waals surface area contributed by atoms with Gasteiger partial charge in [-0.25, -0.2) is 0 Å². The van der Waals surface area contributed by atoms with Crippen LogP contribution in [-0.4, -0.2) is 34.9 Å². The number of halogens is 1. The van der Waals surface area contributed by atoms with Gasteiger partial charge in [0.1, 0.15) is 19.0 Å². The molecular formula is C26H20ClNO5. The first-order chi connectivity index (χ1) is 16.0. The Kier molecular flexibility index (Phi) is 5.52. The molecule has 2 aliphatic heterocycles. The van der Waals surface area contributed by atoms with Gasteiger partial charge < -0.3 is 19.5 Å². The molecule has 7 heteroatoms. The highest BCUT2D eigenvalue weighted by Crippen LogP contribution is 2.42. The molecule has 3 aromatic carbocycles. The third-order valence-corrected chi connectivity index (χ3v) is 5.99. The number of aliphatic hydroxyl groups excluding tert-OH is 1. The molecule has 6 nitrogen and oxygen atoms in total. The van der Waals surface area contributed by atoms with Gasteiger partial charge in [-0.1, -0.05) is 54.1 Å². The van der Waals surface area contributed by atoms with E-state index in [2.05, 4.69) is 0 Å². The van der Waals surface area contributed by atoms with Gasteiger partial charge in [0.05, 0.1) is 11.6 Å². The van der Waals surface area contributed by atoms with Crippen molar-refractivity contribution < 1.29 is 24.2 Å². The smallest absolute Gasteiger partial charge is 0.295 e. The third kappa shape index (κ3) is 3.94. The Hall–Kier alpha value is -3.77. The number of Topliss-reactive ketones (excluding diaryl/α,β-unsaturated/α-hetero) is 1. The molecule has 1 saturated heterocycles. The van der Waals surface area contributed by atoms with Crippen LogP contribution in [0.1, 0.15) is 22.7 Å². The Labute approximate surface area is 195 Å². The number of amides is 1. The Morgan fingerprint density at radius 3 is 2.36 bits per heavy atom. The van der Waals surface area contributed by atoms with E-state index in [1.807, 2.05) is 30.3 Å². The molecule has 0 bridgehead atoms. The number of carbonyl (C=O) groups is 2. The zero-order chi connectivity index (χ0) is 22.9. The van der Waals surface area contributed by atoms with Crippen molar-refractivity contribution in [1.29, 1.82) is 0 Å². The van der Waals surface area contributed by atoms with E-state index in [9.17, 15) is 14.7 Å². The van der Waals surface area contributed by atoms with Crippen LogP contribution in [0.4, 0.5) is 0 Å². The second-order valence-corrected chi connectivity index (χ2v) is 8.26. The Bertz CT molecular complexity index is 1250. The molecule has 1 N–H and O–H groups in total. The lowest BCUT2D eigenvalue weighted by atomic mass is 9.95. The summed E-state index contributed by atoms with van der Waals surface area (Å²) in [5, 5.41) is 11.8. The van der Waals surface area contributed by atoms with E-state index in [-0.39, 0.29) is 17.9 Å². The van der Waals surface area contributed by atoms with Gasteiger partial charge in [-0.2, -0.15) is 0 Å². The number of hydrogen-bond donors (Lipinski definition) is 1. The molecule has 1 atom stereocenters.